The lowest BCUT2D eigenvalue weighted by molar-refractivity contribution is -0.136. The number of nitrogens with one attached hydrogen (secondary N) is 1. The van der Waals surface area contributed by atoms with Gasteiger partial charge in [0.05, 0.1) is 0 Å². The molecule has 1 aromatic heterocycles. The molecule has 0 bridgehead atoms. The molecule has 3 fully saturated rings. The Morgan fingerprint density at radius 2 is 1.49 bits per heavy atom. The highest BCUT2D eigenvalue weighted by molar-refractivity contribution is 6.05. The summed E-state index contributed by atoms with van der Waals surface area (Å²) in [7, 11) is 0. The minimum absolute atomic E-state index is 0.125. The molecule has 10 heteroatoms. The average molecular weight is 737 g/mol. The van der Waals surface area contributed by atoms with Crippen LogP contribution in [-0.2, 0) is 22.6 Å². The number of amides is 3. The second-order valence-corrected chi connectivity index (χ2v) is 15.8. The first kappa shape index (κ1) is 35.2. The van der Waals surface area contributed by atoms with Gasteiger partial charge in [-0.2, -0.15) is 0 Å². The predicted molar refractivity (Wildman–Crippen MR) is 214 cm³/mol. The number of carbonyl (C=O) groups excluding carboxylic acids is 3. The minimum Gasteiger partial charge on any atom is -0.508 e. The maximum absolute atomic E-state index is 13.2. The molecule has 3 amide bonds. The lowest BCUT2D eigenvalue weighted by Crippen LogP contribution is -2.52. The number of hydrogen-bond donors (Lipinski definition) is 2. The van der Waals surface area contributed by atoms with Gasteiger partial charge in [0.15, 0.2) is 0 Å². The first-order chi connectivity index (χ1) is 26.9. The number of aromatic hydroxyl groups is 1. The summed E-state index contributed by atoms with van der Waals surface area (Å²) in [6, 6.07) is 24.6. The van der Waals surface area contributed by atoms with Crippen LogP contribution in [0.25, 0.3) is 11.1 Å². The molecule has 1 aliphatic carbocycles. The SMILES string of the molecule is O=C1CC[C@@H](N2Cc3cc(N4CCN(CC5CCN(c6ccc(C7=C(c8cccnc8)CCCc8cc(O)ccc87)cc6)CC5)CC4)ccc3C2=O)C(=O)N1. The maximum Gasteiger partial charge on any atom is 0.255 e. The van der Waals surface area contributed by atoms with E-state index in [1.54, 1.807) is 4.90 Å². The quantitative estimate of drug-likeness (QED) is 0.227. The third-order valence-corrected chi connectivity index (χ3v) is 12.4. The summed E-state index contributed by atoms with van der Waals surface area (Å²) in [5.41, 5.74) is 11.3. The smallest absolute Gasteiger partial charge is 0.255 e. The molecule has 55 heavy (non-hydrogen) atoms. The van der Waals surface area contributed by atoms with Crippen molar-refractivity contribution in [1.82, 2.24) is 20.1 Å². The number of rotatable bonds is 7. The monoisotopic (exact) mass is 736 g/mol. The molecule has 4 aromatic rings. The highest BCUT2D eigenvalue weighted by Crippen LogP contribution is 2.41. The molecular formula is C45H48N6O4. The molecule has 0 radical (unpaired) electrons. The van der Waals surface area contributed by atoms with Gasteiger partial charge in [0.25, 0.3) is 5.91 Å². The van der Waals surface area contributed by atoms with Crippen LogP contribution in [0.15, 0.2) is 85.2 Å². The van der Waals surface area contributed by atoms with Gasteiger partial charge in [-0.15, -0.1) is 0 Å². The van der Waals surface area contributed by atoms with Gasteiger partial charge in [-0.1, -0.05) is 24.3 Å². The third-order valence-electron chi connectivity index (χ3n) is 12.4. The number of aromatic nitrogens is 1. The van der Waals surface area contributed by atoms with Gasteiger partial charge >= 0.3 is 0 Å². The van der Waals surface area contributed by atoms with Crippen molar-refractivity contribution in [3.63, 3.8) is 0 Å². The van der Waals surface area contributed by atoms with Crippen molar-refractivity contribution in [2.24, 2.45) is 5.92 Å². The Balaban J connectivity index is 0.798. The zero-order valence-electron chi connectivity index (χ0n) is 31.3. The van der Waals surface area contributed by atoms with E-state index in [0.29, 0.717) is 30.2 Å². The lowest BCUT2D eigenvalue weighted by Gasteiger charge is -2.40. The summed E-state index contributed by atoms with van der Waals surface area (Å²) >= 11 is 0. The van der Waals surface area contributed by atoms with Crippen molar-refractivity contribution >= 4 is 40.2 Å². The lowest BCUT2D eigenvalue weighted by atomic mass is 9.88. The van der Waals surface area contributed by atoms with E-state index >= 15 is 0 Å². The van der Waals surface area contributed by atoms with E-state index in [9.17, 15) is 19.5 Å². The van der Waals surface area contributed by atoms with Gasteiger partial charge in [-0.25, -0.2) is 0 Å². The number of nitrogens with zero attached hydrogens (tertiary/aromatic N) is 5. The molecule has 3 aromatic carbocycles. The second-order valence-electron chi connectivity index (χ2n) is 15.8. The van der Waals surface area contributed by atoms with Crippen molar-refractivity contribution < 1.29 is 19.5 Å². The number of allylic oxidation sites excluding steroid dienone is 1. The van der Waals surface area contributed by atoms with E-state index in [0.717, 1.165) is 81.9 Å². The number of hydrogen-bond acceptors (Lipinski definition) is 8. The third kappa shape index (κ3) is 7.11. The van der Waals surface area contributed by atoms with Crippen molar-refractivity contribution in [2.75, 3.05) is 55.6 Å². The van der Waals surface area contributed by atoms with Crippen molar-refractivity contribution in [1.29, 1.82) is 0 Å². The number of carbonyl (C=O) groups is 3. The van der Waals surface area contributed by atoms with Crippen LogP contribution in [0.3, 0.4) is 0 Å². The number of anilines is 2. The summed E-state index contributed by atoms with van der Waals surface area (Å²) in [5.74, 6) is 0.233. The largest absolute Gasteiger partial charge is 0.508 e. The van der Waals surface area contributed by atoms with Gasteiger partial charge in [0.2, 0.25) is 11.8 Å². The van der Waals surface area contributed by atoms with Crippen molar-refractivity contribution in [3.05, 3.63) is 119 Å². The Hall–Kier alpha value is -5.48. The topological polar surface area (TPSA) is 109 Å². The predicted octanol–water partition coefficient (Wildman–Crippen LogP) is 5.88. The molecule has 10 nitrogen and oxygen atoms in total. The molecule has 2 N–H and O–H groups in total. The van der Waals surface area contributed by atoms with Crippen LogP contribution in [0.2, 0.25) is 0 Å². The number of phenolic OH excluding ortho intramolecular Hbond substituents is 1. The van der Waals surface area contributed by atoms with E-state index in [4.69, 9.17) is 0 Å². The molecule has 1 atom stereocenters. The molecule has 0 spiro atoms. The first-order valence-electron chi connectivity index (χ1n) is 19.9. The summed E-state index contributed by atoms with van der Waals surface area (Å²) in [5, 5.41) is 12.7. The summed E-state index contributed by atoms with van der Waals surface area (Å²) in [6.07, 6.45) is 9.72. The van der Waals surface area contributed by atoms with Gasteiger partial charge in [0, 0.05) is 88.1 Å². The van der Waals surface area contributed by atoms with E-state index in [-0.39, 0.29) is 24.1 Å². The number of fused-ring (bicyclic) bond motifs is 2. The Labute approximate surface area is 322 Å². The number of benzene rings is 3. The summed E-state index contributed by atoms with van der Waals surface area (Å²) in [4.78, 5) is 50.9. The van der Waals surface area contributed by atoms with Crippen LogP contribution in [0.1, 0.15) is 76.7 Å². The van der Waals surface area contributed by atoms with E-state index in [2.05, 4.69) is 67.5 Å². The summed E-state index contributed by atoms with van der Waals surface area (Å²) < 4.78 is 0. The van der Waals surface area contributed by atoms with Crippen molar-refractivity contribution in [3.8, 4) is 5.75 Å². The van der Waals surface area contributed by atoms with Crippen LogP contribution in [-0.4, -0.2) is 89.5 Å². The zero-order valence-corrected chi connectivity index (χ0v) is 31.3. The molecule has 5 heterocycles. The number of phenols is 1. The Morgan fingerprint density at radius 1 is 0.727 bits per heavy atom. The maximum atomic E-state index is 13.2. The van der Waals surface area contributed by atoms with E-state index in [1.807, 2.05) is 42.7 Å². The highest BCUT2D eigenvalue weighted by atomic mass is 16.3. The fourth-order valence-corrected chi connectivity index (χ4v) is 9.46. The van der Waals surface area contributed by atoms with Gasteiger partial charge in [-0.3, -0.25) is 29.6 Å². The number of pyridine rings is 1. The molecule has 282 valence electrons. The first-order valence-corrected chi connectivity index (χ1v) is 19.9. The zero-order chi connectivity index (χ0) is 37.5. The van der Waals surface area contributed by atoms with Gasteiger partial charge in [-0.05, 0) is 132 Å². The molecule has 4 aliphatic heterocycles. The molecule has 5 aliphatic rings. The van der Waals surface area contributed by atoms with Crippen LogP contribution in [0.5, 0.6) is 5.75 Å². The Kier molecular flexibility index (Phi) is 9.60. The number of imide groups is 1. The number of aryl methyl sites for hydroxylation is 1. The average Bonchev–Trinajstić information content (AvgIpc) is 3.41. The van der Waals surface area contributed by atoms with Crippen LogP contribution < -0.4 is 15.1 Å². The molecule has 0 saturated carbocycles. The van der Waals surface area contributed by atoms with Gasteiger partial charge < -0.3 is 19.8 Å². The molecular weight excluding hydrogens is 689 g/mol. The van der Waals surface area contributed by atoms with Crippen LogP contribution in [0.4, 0.5) is 11.4 Å². The second kappa shape index (κ2) is 15.0. The molecule has 3 saturated heterocycles. The number of piperidine rings is 2. The van der Waals surface area contributed by atoms with E-state index in [1.165, 1.54) is 46.4 Å². The summed E-state index contributed by atoms with van der Waals surface area (Å²) in [6.45, 7) is 7.56. The standard InChI is InChI=1S/C45H48N6O4/c52-37-11-13-39-32(26-37)3-1-5-38(33-4-2-18-46-27-33)43(39)31-6-8-35(9-7-31)49-19-16-30(17-20-49)28-48-21-23-50(24-22-48)36-10-12-40-34(25-36)29-51(45(40)55)41-14-15-42(53)47-44(41)54/h2,4,6-13,18,25-27,30,41,52H,1,3,5,14-17,19-24,28-29H2,(H,47,53,54)/t41-/m1/s1. The molecule has 9 rings (SSSR count). The van der Waals surface area contributed by atoms with Crippen LogP contribution >= 0.6 is 0 Å². The number of piperazine rings is 1. The fourth-order valence-electron chi connectivity index (χ4n) is 9.46. The normalized spacial score (nSPS) is 21.1. The van der Waals surface area contributed by atoms with E-state index < -0.39 is 6.04 Å². The van der Waals surface area contributed by atoms with Crippen molar-refractivity contribution in [2.45, 2.75) is 57.5 Å². The van der Waals surface area contributed by atoms with Crippen LogP contribution in [0, 0.1) is 5.92 Å². The Bertz CT molecular complexity index is 2130. The minimum atomic E-state index is -0.589. The molecule has 0 unspecified atom stereocenters. The Morgan fingerprint density at radius 3 is 2.25 bits per heavy atom. The highest BCUT2D eigenvalue weighted by Gasteiger charge is 2.39. The fraction of sp³-hybridized carbons (Fsp3) is 0.378. The van der Waals surface area contributed by atoms with Gasteiger partial charge in [0.1, 0.15) is 11.8 Å².